The molecule has 2 rings (SSSR count). The van der Waals surface area contributed by atoms with E-state index < -0.39 is 10.1 Å². The van der Waals surface area contributed by atoms with Crippen LogP contribution < -0.4 is 8.92 Å². The van der Waals surface area contributed by atoms with Gasteiger partial charge in [-0.1, -0.05) is 35.3 Å². The summed E-state index contributed by atoms with van der Waals surface area (Å²) >= 11 is 11.6. The van der Waals surface area contributed by atoms with Crippen LogP contribution in [-0.2, 0) is 10.1 Å². The number of rotatable bonds is 4. The Kier molecular flexibility index (Phi) is 4.42. The molecule has 0 radical (unpaired) electrons. The van der Waals surface area contributed by atoms with E-state index in [1.165, 1.54) is 31.4 Å². The average Bonchev–Trinajstić information content (AvgIpc) is 2.42. The maximum absolute atomic E-state index is 12.2. The molecule has 0 amide bonds. The van der Waals surface area contributed by atoms with Crippen LogP contribution in [0.1, 0.15) is 0 Å². The van der Waals surface area contributed by atoms with Crippen LogP contribution in [0.15, 0.2) is 47.4 Å². The first-order valence-corrected chi connectivity index (χ1v) is 7.63. The molecule has 0 N–H and O–H groups in total. The van der Waals surface area contributed by atoms with Gasteiger partial charge in [0.2, 0.25) is 0 Å². The van der Waals surface area contributed by atoms with E-state index >= 15 is 0 Å². The second kappa shape index (κ2) is 5.91. The Morgan fingerprint density at radius 2 is 1.60 bits per heavy atom. The van der Waals surface area contributed by atoms with Crippen LogP contribution in [-0.4, -0.2) is 15.5 Å². The van der Waals surface area contributed by atoms with Crippen LogP contribution in [0.4, 0.5) is 0 Å². The maximum atomic E-state index is 12.2. The van der Waals surface area contributed by atoms with Crippen molar-refractivity contribution in [3.63, 3.8) is 0 Å². The first-order chi connectivity index (χ1) is 9.44. The quantitative estimate of drug-likeness (QED) is 0.799. The van der Waals surface area contributed by atoms with Gasteiger partial charge in [-0.2, -0.15) is 8.42 Å². The molecule has 7 heteroatoms. The lowest BCUT2D eigenvalue weighted by Crippen LogP contribution is -2.10. The first-order valence-electron chi connectivity index (χ1n) is 5.46. The Bertz CT molecular complexity index is 729. The number of halogens is 2. The fourth-order valence-electron chi connectivity index (χ4n) is 1.49. The van der Waals surface area contributed by atoms with Crippen molar-refractivity contribution in [1.82, 2.24) is 0 Å². The smallest absolute Gasteiger partial charge is 0.339 e. The summed E-state index contributed by atoms with van der Waals surface area (Å²) in [6.07, 6.45) is 0. The summed E-state index contributed by atoms with van der Waals surface area (Å²) in [7, 11) is -2.58. The highest BCUT2D eigenvalue weighted by Gasteiger charge is 2.19. The summed E-state index contributed by atoms with van der Waals surface area (Å²) in [6, 6.07) is 10.4. The maximum Gasteiger partial charge on any atom is 0.339 e. The molecule has 0 fully saturated rings. The van der Waals surface area contributed by atoms with Crippen molar-refractivity contribution in [3.05, 3.63) is 52.5 Å². The standard InChI is InChI=1S/C13H10Cl2O4S/c1-18-12-4-2-3-5-13(12)19-20(16,17)9-6-7-10(14)11(15)8-9/h2-8H,1H3. The second-order valence-corrected chi connectivity index (χ2v) is 6.12. The van der Waals surface area contributed by atoms with Gasteiger partial charge in [-0.25, -0.2) is 0 Å². The highest BCUT2D eigenvalue weighted by atomic mass is 35.5. The molecule has 106 valence electrons. The summed E-state index contributed by atoms with van der Waals surface area (Å²) in [5, 5.41) is 0.402. The van der Waals surface area contributed by atoms with Gasteiger partial charge in [0.15, 0.2) is 11.5 Å². The first kappa shape index (κ1) is 15.0. The topological polar surface area (TPSA) is 52.6 Å². The lowest BCUT2D eigenvalue weighted by Gasteiger charge is -2.10. The van der Waals surface area contributed by atoms with Crippen molar-refractivity contribution >= 4 is 33.3 Å². The van der Waals surface area contributed by atoms with Gasteiger partial charge < -0.3 is 8.92 Å². The zero-order valence-corrected chi connectivity index (χ0v) is 12.7. The minimum Gasteiger partial charge on any atom is -0.493 e. The molecule has 0 aliphatic carbocycles. The van der Waals surface area contributed by atoms with Crippen LogP contribution >= 0.6 is 23.2 Å². The molecule has 4 nitrogen and oxygen atoms in total. The van der Waals surface area contributed by atoms with Crippen molar-refractivity contribution in [2.75, 3.05) is 7.11 Å². The Morgan fingerprint density at radius 3 is 2.20 bits per heavy atom. The molecule has 0 spiro atoms. The molecule has 0 atom stereocenters. The van der Waals surface area contributed by atoms with E-state index in [4.69, 9.17) is 32.1 Å². The van der Waals surface area contributed by atoms with Gasteiger partial charge in [0.25, 0.3) is 0 Å². The van der Waals surface area contributed by atoms with Crippen LogP contribution in [0.5, 0.6) is 11.5 Å². The van der Waals surface area contributed by atoms with Gasteiger partial charge in [-0.15, -0.1) is 0 Å². The summed E-state index contributed by atoms with van der Waals surface area (Å²) < 4.78 is 34.4. The monoisotopic (exact) mass is 332 g/mol. The van der Waals surface area contributed by atoms with E-state index in [2.05, 4.69) is 0 Å². The van der Waals surface area contributed by atoms with Gasteiger partial charge in [-0.3, -0.25) is 0 Å². The van der Waals surface area contributed by atoms with Gasteiger partial charge in [-0.05, 0) is 30.3 Å². The summed E-state index contributed by atoms with van der Waals surface area (Å²) in [5.74, 6) is 0.414. The summed E-state index contributed by atoms with van der Waals surface area (Å²) in [6.45, 7) is 0. The zero-order chi connectivity index (χ0) is 14.8. The van der Waals surface area contributed by atoms with Crippen LogP contribution in [0, 0.1) is 0 Å². The van der Waals surface area contributed by atoms with E-state index in [1.54, 1.807) is 18.2 Å². The lowest BCUT2D eigenvalue weighted by molar-refractivity contribution is 0.390. The molecule has 0 saturated heterocycles. The molecular formula is C13H10Cl2O4S. The van der Waals surface area contributed by atoms with E-state index in [-0.39, 0.29) is 20.7 Å². The Hall–Kier alpha value is -1.43. The third kappa shape index (κ3) is 3.17. The number of hydrogen-bond acceptors (Lipinski definition) is 4. The molecule has 0 saturated carbocycles. The molecule has 2 aromatic rings. The van der Waals surface area contributed by atoms with E-state index in [1.807, 2.05) is 0 Å². The Labute approximate surface area is 127 Å². The Balaban J connectivity index is 2.38. The normalized spacial score (nSPS) is 11.2. The predicted octanol–water partition coefficient (Wildman–Crippen LogP) is 3.77. The molecule has 0 unspecified atom stereocenters. The lowest BCUT2D eigenvalue weighted by atomic mass is 10.3. The van der Waals surface area contributed by atoms with Crippen molar-refractivity contribution in [2.24, 2.45) is 0 Å². The second-order valence-electron chi connectivity index (χ2n) is 3.76. The fraction of sp³-hybridized carbons (Fsp3) is 0.0769. The summed E-state index contributed by atoms with van der Waals surface area (Å²) in [5.41, 5.74) is 0. The van der Waals surface area contributed by atoms with Crippen LogP contribution in [0.25, 0.3) is 0 Å². The molecule has 0 heterocycles. The van der Waals surface area contributed by atoms with Gasteiger partial charge in [0, 0.05) is 0 Å². The third-order valence-corrected chi connectivity index (χ3v) is 4.42. The minimum absolute atomic E-state index is 0.0854. The number of ether oxygens (including phenoxy) is 1. The van der Waals surface area contributed by atoms with E-state index in [0.717, 1.165) is 0 Å². The Morgan fingerprint density at radius 1 is 0.950 bits per heavy atom. The molecule has 2 aromatic carbocycles. The molecule has 0 aliphatic rings. The molecule has 0 aromatic heterocycles. The predicted molar refractivity (Wildman–Crippen MR) is 77.3 cm³/mol. The zero-order valence-electron chi connectivity index (χ0n) is 10.3. The third-order valence-electron chi connectivity index (χ3n) is 2.45. The average molecular weight is 333 g/mol. The largest absolute Gasteiger partial charge is 0.493 e. The van der Waals surface area contributed by atoms with Gasteiger partial charge in [0.1, 0.15) is 4.90 Å². The fourth-order valence-corrected chi connectivity index (χ4v) is 2.82. The van der Waals surface area contributed by atoms with Crippen molar-refractivity contribution in [2.45, 2.75) is 4.90 Å². The minimum atomic E-state index is -4.01. The van der Waals surface area contributed by atoms with Crippen molar-refractivity contribution in [1.29, 1.82) is 0 Å². The van der Waals surface area contributed by atoms with Crippen molar-refractivity contribution in [3.8, 4) is 11.5 Å². The SMILES string of the molecule is COc1ccccc1OS(=O)(=O)c1ccc(Cl)c(Cl)c1. The molecule has 20 heavy (non-hydrogen) atoms. The summed E-state index contributed by atoms with van der Waals surface area (Å²) in [4.78, 5) is -0.0854. The number of methoxy groups -OCH3 is 1. The van der Waals surface area contributed by atoms with Gasteiger partial charge in [0.05, 0.1) is 17.2 Å². The molecule has 0 bridgehead atoms. The number of hydrogen-bond donors (Lipinski definition) is 0. The number of para-hydroxylation sites is 2. The molecule has 0 aliphatic heterocycles. The number of benzene rings is 2. The van der Waals surface area contributed by atoms with Gasteiger partial charge >= 0.3 is 10.1 Å². The van der Waals surface area contributed by atoms with E-state index in [0.29, 0.717) is 5.75 Å². The highest BCUT2D eigenvalue weighted by Crippen LogP contribution is 2.30. The van der Waals surface area contributed by atoms with E-state index in [9.17, 15) is 8.42 Å². The van der Waals surface area contributed by atoms with Crippen molar-refractivity contribution < 1.29 is 17.3 Å². The van der Waals surface area contributed by atoms with Crippen LogP contribution in [0.3, 0.4) is 0 Å². The van der Waals surface area contributed by atoms with Crippen LogP contribution in [0.2, 0.25) is 10.0 Å². The highest BCUT2D eigenvalue weighted by molar-refractivity contribution is 7.87. The molecular weight excluding hydrogens is 323 g/mol.